The van der Waals surface area contributed by atoms with Gasteiger partial charge < -0.3 is 10.2 Å². The molecule has 3 heteroatoms. The molecule has 3 fully saturated rings. The van der Waals surface area contributed by atoms with Gasteiger partial charge in [-0.25, -0.2) is 0 Å². The lowest BCUT2D eigenvalue weighted by Crippen LogP contribution is -2.51. The number of hydrogen-bond donors (Lipinski definition) is 1. The molecule has 0 aromatic heterocycles. The van der Waals surface area contributed by atoms with E-state index in [0.717, 1.165) is 44.4 Å². The lowest BCUT2D eigenvalue weighted by atomic mass is 9.76. The van der Waals surface area contributed by atoms with Crippen molar-refractivity contribution in [3.63, 3.8) is 0 Å². The number of nitrogens with one attached hydrogen (secondary N) is 1. The quantitative estimate of drug-likeness (QED) is 0.750. The SMILES string of the molecule is CC1(C(=O)N2CC3CCCC(C3)C2)CCNC1. The third-order valence-corrected chi connectivity index (χ3v) is 5.02. The maximum atomic E-state index is 12.6. The number of rotatable bonds is 1. The summed E-state index contributed by atoms with van der Waals surface area (Å²) in [6, 6.07) is 0. The van der Waals surface area contributed by atoms with Crippen LogP contribution in [0.15, 0.2) is 0 Å². The first-order valence-electron chi connectivity index (χ1n) is 7.17. The van der Waals surface area contributed by atoms with Crippen LogP contribution in [0.1, 0.15) is 39.0 Å². The standard InChI is InChI=1S/C14H24N2O/c1-14(5-6-15-10-14)13(17)16-8-11-3-2-4-12(7-11)9-16/h11-12,15H,2-10H2,1H3. The van der Waals surface area contributed by atoms with Gasteiger partial charge in [-0.15, -0.1) is 0 Å². The molecule has 17 heavy (non-hydrogen) atoms. The van der Waals surface area contributed by atoms with Gasteiger partial charge in [-0.05, 0) is 51.0 Å². The van der Waals surface area contributed by atoms with E-state index in [1.807, 2.05) is 0 Å². The van der Waals surface area contributed by atoms with Crippen molar-refractivity contribution >= 4 is 5.91 Å². The molecular formula is C14H24N2O. The average Bonchev–Trinajstić information content (AvgIpc) is 2.76. The third-order valence-electron chi connectivity index (χ3n) is 5.02. The molecule has 0 aromatic carbocycles. The van der Waals surface area contributed by atoms with Gasteiger partial charge in [-0.1, -0.05) is 6.42 Å². The molecule has 2 heterocycles. The van der Waals surface area contributed by atoms with Crippen LogP contribution in [-0.2, 0) is 4.79 Å². The van der Waals surface area contributed by atoms with E-state index in [9.17, 15) is 4.79 Å². The summed E-state index contributed by atoms with van der Waals surface area (Å²) in [6.45, 7) is 6.08. The number of nitrogens with zero attached hydrogens (tertiary/aromatic N) is 1. The minimum absolute atomic E-state index is 0.119. The fraction of sp³-hybridized carbons (Fsp3) is 0.929. The van der Waals surface area contributed by atoms with E-state index in [1.165, 1.54) is 25.7 Å². The predicted octanol–water partition coefficient (Wildman–Crippen LogP) is 1.63. The molecule has 96 valence electrons. The Morgan fingerprint density at radius 3 is 2.59 bits per heavy atom. The Bertz CT molecular complexity index is 297. The summed E-state index contributed by atoms with van der Waals surface area (Å²) in [5.41, 5.74) is -0.119. The average molecular weight is 236 g/mol. The molecule has 3 aliphatic rings. The van der Waals surface area contributed by atoms with E-state index in [-0.39, 0.29) is 5.41 Å². The van der Waals surface area contributed by atoms with Gasteiger partial charge in [-0.3, -0.25) is 4.79 Å². The summed E-state index contributed by atoms with van der Waals surface area (Å²) in [4.78, 5) is 14.8. The van der Waals surface area contributed by atoms with Crippen molar-refractivity contribution in [3.8, 4) is 0 Å². The van der Waals surface area contributed by atoms with Crippen molar-refractivity contribution in [2.24, 2.45) is 17.3 Å². The van der Waals surface area contributed by atoms with Gasteiger partial charge in [0.25, 0.3) is 0 Å². The van der Waals surface area contributed by atoms with E-state index < -0.39 is 0 Å². The first kappa shape index (κ1) is 11.5. The molecule has 2 aliphatic heterocycles. The van der Waals surface area contributed by atoms with Gasteiger partial charge in [-0.2, -0.15) is 0 Å². The molecule has 1 N–H and O–H groups in total. The number of piperidine rings is 1. The highest BCUT2D eigenvalue weighted by Crippen LogP contribution is 2.37. The second kappa shape index (κ2) is 4.27. The van der Waals surface area contributed by atoms with Crippen molar-refractivity contribution in [2.75, 3.05) is 26.2 Å². The molecule has 3 unspecified atom stereocenters. The maximum absolute atomic E-state index is 12.6. The summed E-state index contributed by atoms with van der Waals surface area (Å²) in [6.07, 6.45) is 6.46. The molecule has 3 nitrogen and oxygen atoms in total. The molecule has 0 aromatic rings. The molecule has 3 rings (SSSR count). The van der Waals surface area contributed by atoms with Gasteiger partial charge in [0, 0.05) is 19.6 Å². The fourth-order valence-electron chi connectivity index (χ4n) is 3.98. The van der Waals surface area contributed by atoms with Crippen LogP contribution in [0.2, 0.25) is 0 Å². The summed E-state index contributed by atoms with van der Waals surface area (Å²) in [5, 5.41) is 3.34. The molecule has 2 bridgehead atoms. The Labute approximate surface area is 104 Å². The molecule has 0 radical (unpaired) electrons. The van der Waals surface area contributed by atoms with E-state index in [2.05, 4.69) is 17.1 Å². The summed E-state index contributed by atoms with van der Waals surface area (Å²) >= 11 is 0. The third kappa shape index (κ3) is 2.10. The monoisotopic (exact) mass is 236 g/mol. The molecule has 1 amide bonds. The molecule has 3 atom stereocenters. The second-order valence-electron chi connectivity index (χ2n) is 6.60. The van der Waals surface area contributed by atoms with Crippen LogP contribution in [0.5, 0.6) is 0 Å². The van der Waals surface area contributed by atoms with Gasteiger partial charge in [0.05, 0.1) is 5.41 Å². The van der Waals surface area contributed by atoms with E-state index in [4.69, 9.17) is 0 Å². The van der Waals surface area contributed by atoms with Crippen molar-refractivity contribution < 1.29 is 4.79 Å². The first-order chi connectivity index (χ1) is 8.17. The summed E-state index contributed by atoms with van der Waals surface area (Å²) < 4.78 is 0. The van der Waals surface area contributed by atoms with Gasteiger partial charge >= 0.3 is 0 Å². The number of hydrogen-bond acceptors (Lipinski definition) is 2. The largest absolute Gasteiger partial charge is 0.342 e. The van der Waals surface area contributed by atoms with Crippen LogP contribution < -0.4 is 5.32 Å². The van der Waals surface area contributed by atoms with Crippen molar-refractivity contribution in [2.45, 2.75) is 39.0 Å². The number of carbonyl (C=O) groups excluding carboxylic acids is 1. The van der Waals surface area contributed by atoms with E-state index in [0.29, 0.717) is 5.91 Å². The highest BCUT2D eigenvalue weighted by Gasteiger charge is 2.42. The number of amides is 1. The van der Waals surface area contributed by atoms with Crippen LogP contribution in [0.3, 0.4) is 0 Å². The first-order valence-corrected chi connectivity index (χ1v) is 7.17. The molecule has 1 aliphatic carbocycles. The van der Waals surface area contributed by atoms with Crippen LogP contribution in [0.25, 0.3) is 0 Å². The zero-order valence-electron chi connectivity index (χ0n) is 10.9. The van der Waals surface area contributed by atoms with Gasteiger partial charge in [0.2, 0.25) is 5.91 Å². The molecule has 1 saturated carbocycles. The maximum Gasteiger partial charge on any atom is 0.229 e. The second-order valence-corrected chi connectivity index (χ2v) is 6.60. The topological polar surface area (TPSA) is 32.3 Å². The molecular weight excluding hydrogens is 212 g/mol. The van der Waals surface area contributed by atoms with Crippen molar-refractivity contribution in [1.82, 2.24) is 10.2 Å². The smallest absolute Gasteiger partial charge is 0.229 e. The fourth-order valence-corrected chi connectivity index (χ4v) is 3.98. The number of carbonyl (C=O) groups is 1. The highest BCUT2D eigenvalue weighted by molar-refractivity contribution is 5.83. The number of fused-ring (bicyclic) bond motifs is 2. The highest BCUT2D eigenvalue weighted by atomic mass is 16.2. The van der Waals surface area contributed by atoms with Crippen LogP contribution >= 0.6 is 0 Å². The van der Waals surface area contributed by atoms with Crippen LogP contribution in [0, 0.1) is 17.3 Å². The zero-order chi connectivity index (χ0) is 11.9. The predicted molar refractivity (Wildman–Crippen MR) is 67.6 cm³/mol. The summed E-state index contributed by atoms with van der Waals surface area (Å²) in [5.74, 6) is 2.01. The Morgan fingerprint density at radius 2 is 2.00 bits per heavy atom. The van der Waals surface area contributed by atoms with Gasteiger partial charge in [0.1, 0.15) is 0 Å². The Kier molecular flexibility index (Phi) is 2.89. The molecule has 0 spiro atoms. The lowest BCUT2D eigenvalue weighted by molar-refractivity contribution is -0.144. The Balaban J connectivity index is 1.69. The minimum Gasteiger partial charge on any atom is -0.342 e. The minimum atomic E-state index is -0.119. The Morgan fingerprint density at radius 1 is 1.29 bits per heavy atom. The number of likely N-dealkylation sites (tertiary alicyclic amines) is 1. The Hall–Kier alpha value is -0.570. The van der Waals surface area contributed by atoms with Crippen LogP contribution in [0.4, 0.5) is 0 Å². The normalized spacial score (nSPS) is 41.6. The molecule has 2 saturated heterocycles. The van der Waals surface area contributed by atoms with Crippen LogP contribution in [-0.4, -0.2) is 37.0 Å². The summed E-state index contributed by atoms with van der Waals surface area (Å²) in [7, 11) is 0. The van der Waals surface area contributed by atoms with Crippen molar-refractivity contribution in [3.05, 3.63) is 0 Å². The van der Waals surface area contributed by atoms with E-state index in [1.54, 1.807) is 0 Å². The van der Waals surface area contributed by atoms with E-state index >= 15 is 0 Å². The van der Waals surface area contributed by atoms with Gasteiger partial charge in [0.15, 0.2) is 0 Å². The lowest BCUT2D eigenvalue weighted by Gasteiger charge is -2.43. The zero-order valence-corrected chi connectivity index (χ0v) is 10.9. The van der Waals surface area contributed by atoms with Crippen molar-refractivity contribution in [1.29, 1.82) is 0 Å².